The van der Waals surface area contributed by atoms with Crippen LogP contribution in [0.4, 0.5) is 4.39 Å². The van der Waals surface area contributed by atoms with E-state index in [1.165, 1.54) is 12.1 Å². The van der Waals surface area contributed by atoms with E-state index in [0.717, 1.165) is 41.5 Å². The number of amides is 1. The predicted octanol–water partition coefficient (Wildman–Crippen LogP) is 3.63. The molecule has 3 aromatic rings. The predicted molar refractivity (Wildman–Crippen MR) is 105 cm³/mol. The van der Waals surface area contributed by atoms with Gasteiger partial charge in [-0.25, -0.2) is 9.37 Å². The molecule has 1 amide bonds. The van der Waals surface area contributed by atoms with E-state index in [4.69, 9.17) is 5.73 Å². The van der Waals surface area contributed by atoms with Gasteiger partial charge >= 0.3 is 0 Å². The van der Waals surface area contributed by atoms with Gasteiger partial charge in [0.2, 0.25) is 0 Å². The summed E-state index contributed by atoms with van der Waals surface area (Å²) in [6, 6.07) is 15.9. The topological polar surface area (TPSA) is 83.0 Å². The van der Waals surface area contributed by atoms with Crippen molar-refractivity contribution in [2.75, 3.05) is 6.54 Å². The van der Waals surface area contributed by atoms with Gasteiger partial charge in [0.25, 0.3) is 5.91 Å². The molecule has 1 aromatic heterocycles. The Balaban J connectivity index is 1.79. The van der Waals surface area contributed by atoms with E-state index in [-0.39, 0.29) is 17.6 Å². The zero-order chi connectivity index (χ0) is 19.7. The van der Waals surface area contributed by atoms with Crippen LogP contribution in [0.15, 0.2) is 48.5 Å². The molecule has 2 heterocycles. The van der Waals surface area contributed by atoms with Crippen LogP contribution in [0, 0.1) is 17.1 Å². The maximum absolute atomic E-state index is 13.3. The van der Waals surface area contributed by atoms with Gasteiger partial charge in [-0.15, -0.1) is 0 Å². The number of pyridine rings is 1. The lowest BCUT2D eigenvalue weighted by molar-refractivity contribution is 0.0996. The van der Waals surface area contributed by atoms with Gasteiger partial charge in [0.1, 0.15) is 11.5 Å². The van der Waals surface area contributed by atoms with Crippen LogP contribution in [-0.2, 0) is 6.54 Å². The third-order valence-corrected chi connectivity index (χ3v) is 5.18. The summed E-state index contributed by atoms with van der Waals surface area (Å²) in [4.78, 5) is 18.4. The average Bonchev–Trinajstić information content (AvgIpc) is 3.14. The Hall–Kier alpha value is -3.30. The minimum absolute atomic E-state index is 0.0598. The van der Waals surface area contributed by atoms with Gasteiger partial charge in [0.05, 0.1) is 17.6 Å². The first-order valence-electron chi connectivity index (χ1n) is 9.18. The van der Waals surface area contributed by atoms with Crippen molar-refractivity contribution in [3.63, 3.8) is 0 Å². The molecule has 4 rings (SSSR count). The van der Waals surface area contributed by atoms with Crippen LogP contribution in [0.1, 0.15) is 28.9 Å². The van der Waals surface area contributed by atoms with Crippen LogP contribution in [0.25, 0.3) is 22.0 Å². The summed E-state index contributed by atoms with van der Waals surface area (Å²) in [5.41, 5.74) is 8.88. The summed E-state index contributed by atoms with van der Waals surface area (Å²) < 4.78 is 13.3. The number of primary amides is 1. The van der Waals surface area contributed by atoms with Crippen molar-refractivity contribution in [3.8, 4) is 17.2 Å². The number of hydrogen-bond acceptors (Lipinski definition) is 4. The number of aromatic nitrogens is 1. The molecule has 140 valence electrons. The lowest BCUT2D eigenvalue weighted by atomic mass is 9.98. The summed E-state index contributed by atoms with van der Waals surface area (Å²) in [5.74, 6) is -0.933. The molecule has 0 unspecified atom stereocenters. The first-order chi connectivity index (χ1) is 13.5. The van der Waals surface area contributed by atoms with E-state index in [0.29, 0.717) is 12.1 Å². The zero-order valence-electron chi connectivity index (χ0n) is 15.2. The highest BCUT2D eigenvalue weighted by atomic mass is 19.1. The summed E-state index contributed by atoms with van der Waals surface area (Å²) in [7, 11) is 0. The SMILES string of the molecule is N#C[C@@H]1CCCN1Cc1ccc2c(-c3ccc(F)cc3)cc(C(N)=O)nc2c1. The van der Waals surface area contributed by atoms with Crippen LogP contribution in [0.5, 0.6) is 0 Å². The molecule has 2 N–H and O–H groups in total. The molecule has 1 aliphatic rings. The monoisotopic (exact) mass is 374 g/mol. The van der Waals surface area contributed by atoms with Crippen molar-refractivity contribution in [1.29, 1.82) is 5.26 Å². The molecule has 1 fully saturated rings. The van der Waals surface area contributed by atoms with Crippen molar-refractivity contribution >= 4 is 16.8 Å². The Morgan fingerprint density at radius 1 is 1.25 bits per heavy atom. The van der Waals surface area contributed by atoms with Gasteiger partial charge in [-0.05, 0) is 60.3 Å². The van der Waals surface area contributed by atoms with Gasteiger partial charge in [0.15, 0.2) is 0 Å². The molecule has 0 saturated carbocycles. The fraction of sp³-hybridized carbons (Fsp3) is 0.227. The maximum Gasteiger partial charge on any atom is 0.267 e. The second-order valence-electron chi connectivity index (χ2n) is 7.04. The molecule has 5 nitrogen and oxygen atoms in total. The van der Waals surface area contributed by atoms with E-state index in [1.54, 1.807) is 18.2 Å². The molecule has 1 aliphatic heterocycles. The van der Waals surface area contributed by atoms with Gasteiger partial charge in [0, 0.05) is 11.9 Å². The number of carbonyl (C=O) groups excluding carboxylic acids is 1. The Bertz CT molecular complexity index is 1090. The number of rotatable bonds is 4. The van der Waals surface area contributed by atoms with Crippen LogP contribution in [-0.4, -0.2) is 28.4 Å². The molecule has 1 atom stereocenters. The van der Waals surface area contributed by atoms with E-state index < -0.39 is 5.91 Å². The Morgan fingerprint density at radius 3 is 2.75 bits per heavy atom. The molecular weight excluding hydrogens is 355 g/mol. The second kappa shape index (κ2) is 7.37. The first kappa shape index (κ1) is 18.1. The lowest BCUT2D eigenvalue weighted by Crippen LogP contribution is -2.27. The number of benzene rings is 2. The molecule has 0 radical (unpaired) electrons. The van der Waals surface area contributed by atoms with Gasteiger partial charge in [-0.1, -0.05) is 24.3 Å². The van der Waals surface area contributed by atoms with Crippen molar-refractivity contribution in [2.24, 2.45) is 5.73 Å². The number of fused-ring (bicyclic) bond motifs is 1. The third kappa shape index (κ3) is 3.45. The van der Waals surface area contributed by atoms with Gasteiger partial charge in [-0.3, -0.25) is 9.69 Å². The van der Waals surface area contributed by atoms with E-state index in [9.17, 15) is 14.4 Å². The highest BCUT2D eigenvalue weighted by Gasteiger charge is 2.24. The minimum Gasteiger partial charge on any atom is -0.364 e. The van der Waals surface area contributed by atoms with Crippen molar-refractivity contribution in [1.82, 2.24) is 9.88 Å². The molecule has 0 bridgehead atoms. The van der Waals surface area contributed by atoms with Crippen molar-refractivity contribution in [2.45, 2.75) is 25.4 Å². The van der Waals surface area contributed by atoms with Gasteiger partial charge < -0.3 is 5.73 Å². The van der Waals surface area contributed by atoms with Crippen LogP contribution in [0.2, 0.25) is 0 Å². The molecule has 2 aromatic carbocycles. The summed E-state index contributed by atoms with van der Waals surface area (Å²) in [6.07, 6.45) is 1.91. The number of likely N-dealkylation sites (tertiary alicyclic amines) is 1. The number of carbonyl (C=O) groups is 1. The second-order valence-corrected chi connectivity index (χ2v) is 7.04. The van der Waals surface area contributed by atoms with Crippen LogP contribution >= 0.6 is 0 Å². The number of halogens is 1. The van der Waals surface area contributed by atoms with E-state index in [2.05, 4.69) is 16.0 Å². The van der Waals surface area contributed by atoms with E-state index in [1.807, 2.05) is 18.2 Å². The summed E-state index contributed by atoms with van der Waals surface area (Å²) in [5, 5.41) is 10.1. The van der Waals surface area contributed by atoms with Crippen molar-refractivity contribution in [3.05, 3.63) is 65.6 Å². The highest BCUT2D eigenvalue weighted by molar-refractivity contribution is 6.00. The molecule has 28 heavy (non-hydrogen) atoms. The fourth-order valence-electron chi connectivity index (χ4n) is 3.76. The third-order valence-electron chi connectivity index (χ3n) is 5.18. The largest absolute Gasteiger partial charge is 0.364 e. The van der Waals surface area contributed by atoms with E-state index >= 15 is 0 Å². The van der Waals surface area contributed by atoms with Crippen LogP contribution < -0.4 is 5.73 Å². The normalized spacial score (nSPS) is 16.9. The Kier molecular flexibility index (Phi) is 4.76. The molecule has 1 saturated heterocycles. The van der Waals surface area contributed by atoms with Crippen molar-refractivity contribution < 1.29 is 9.18 Å². The summed E-state index contributed by atoms with van der Waals surface area (Å²) in [6.45, 7) is 1.55. The average molecular weight is 374 g/mol. The Labute approximate surface area is 162 Å². The number of nitrogens with zero attached hydrogens (tertiary/aromatic N) is 3. The Morgan fingerprint density at radius 2 is 2.04 bits per heavy atom. The van der Waals surface area contributed by atoms with Gasteiger partial charge in [-0.2, -0.15) is 5.26 Å². The molecule has 6 heteroatoms. The van der Waals surface area contributed by atoms with Crippen LogP contribution in [0.3, 0.4) is 0 Å². The maximum atomic E-state index is 13.3. The number of nitriles is 1. The molecule has 0 spiro atoms. The quantitative estimate of drug-likeness (QED) is 0.756. The molecular formula is C22H19FN4O. The number of hydrogen-bond donors (Lipinski definition) is 1. The summed E-state index contributed by atoms with van der Waals surface area (Å²) >= 11 is 0. The molecule has 0 aliphatic carbocycles. The smallest absolute Gasteiger partial charge is 0.267 e. The zero-order valence-corrected chi connectivity index (χ0v) is 15.2. The fourth-order valence-corrected chi connectivity index (χ4v) is 3.76. The minimum atomic E-state index is -0.611. The highest BCUT2D eigenvalue weighted by Crippen LogP contribution is 2.30. The standard InChI is InChI=1S/C22H19FN4O/c23-16-6-4-15(5-7-16)19-11-21(22(25)28)26-20-10-14(3-8-18(19)20)13-27-9-1-2-17(27)12-24/h3-8,10-11,17H,1-2,9,13H2,(H2,25,28)/t17-/m0/s1. The number of nitrogens with two attached hydrogens (primary N) is 1. The lowest BCUT2D eigenvalue weighted by Gasteiger charge is -2.19. The first-order valence-corrected chi connectivity index (χ1v) is 9.18.